The Morgan fingerprint density at radius 3 is 2.81 bits per heavy atom. The maximum Gasteiger partial charge on any atom is 0.282 e. The van der Waals surface area contributed by atoms with Gasteiger partial charge in [0.25, 0.3) is 5.56 Å². The molecule has 6 heteroatoms. The van der Waals surface area contributed by atoms with Gasteiger partial charge in [-0.15, -0.1) is 0 Å². The molecule has 1 aromatic heterocycles. The van der Waals surface area contributed by atoms with Gasteiger partial charge in [-0.3, -0.25) is 4.79 Å². The predicted octanol–water partition coefficient (Wildman–Crippen LogP) is 3.16. The van der Waals surface area contributed by atoms with Crippen LogP contribution in [-0.4, -0.2) is 29.6 Å². The van der Waals surface area contributed by atoms with Gasteiger partial charge in [-0.05, 0) is 42.8 Å². The normalized spacial score (nSPS) is 11.0. The smallest absolute Gasteiger partial charge is 0.282 e. The molecule has 0 saturated carbocycles. The molecular weight excluding hydrogens is 330 g/mol. The zero-order valence-corrected chi connectivity index (χ0v) is 14.7. The summed E-state index contributed by atoms with van der Waals surface area (Å²) >= 11 is 0. The van der Waals surface area contributed by atoms with Gasteiger partial charge in [-0.2, -0.15) is 9.78 Å². The molecule has 0 bridgehead atoms. The molecular formula is C20H19N3O3. The van der Waals surface area contributed by atoms with Crippen molar-refractivity contribution in [1.82, 2.24) is 9.66 Å². The van der Waals surface area contributed by atoms with Crippen LogP contribution in [0.25, 0.3) is 10.9 Å². The lowest BCUT2D eigenvalue weighted by molar-refractivity contribution is 0.326. The molecule has 0 spiro atoms. The minimum absolute atomic E-state index is 0.206. The number of methoxy groups -OCH3 is 1. The molecule has 0 atom stereocenters. The van der Waals surface area contributed by atoms with Crippen molar-refractivity contribution in [2.75, 3.05) is 13.7 Å². The summed E-state index contributed by atoms with van der Waals surface area (Å²) in [4.78, 5) is 17.0. The number of ether oxygens (including phenoxy) is 2. The van der Waals surface area contributed by atoms with Crippen LogP contribution in [0.3, 0.4) is 0 Å². The van der Waals surface area contributed by atoms with Gasteiger partial charge in [0.2, 0.25) is 0 Å². The summed E-state index contributed by atoms with van der Waals surface area (Å²) < 4.78 is 12.2. The molecule has 3 aromatic rings. The largest absolute Gasteiger partial charge is 0.493 e. The van der Waals surface area contributed by atoms with Crippen molar-refractivity contribution >= 4 is 17.1 Å². The second-order valence-electron chi connectivity index (χ2n) is 5.55. The number of benzene rings is 2. The van der Waals surface area contributed by atoms with E-state index in [1.165, 1.54) is 4.68 Å². The number of aromatic nitrogens is 2. The summed E-state index contributed by atoms with van der Waals surface area (Å²) in [5.41, 5.74) is 1.22. The van der Waals surface area contributed by atoms with Crippen LogP contribution in [0, 0.1) is 6.92 Å². The predicted molar refractivity (Wildman–Crippen MR) is 102 cm³/mol. The lowest BCUT2D eigenvalue weighted by Gasteiger charge is -2.09. The van der Waals surface area contributed by atoms with E-state index >= 15 is 0 Å². The second kappa shape index (κ2) is 7.65. The number of fused-ring (bicyclic) bond motifs is 1. The number of para-hydroxylation sites is 1. The summed E-state index contributed by atoms with van der Waals surface area (Å²) in [6, 6.07) is 12.6. The average Bonchev–Trinajstić information content (AvgIpc) is 2.66. The standard InChI is InChI=1S/C20H19N3O3/c1-4-11-26-18-10-9-15(12-19(18)25-3)13-21-23-14(2)22-17-8-6-5-7-16(17)20(23)24/h4-10,12-13H,1,11H2,2-3H3. The molecule has 1 heterocycles. The second-order valence-corrected chi connectivity index (χ2v) is 5.55. The first kappa shape index (κ1) is 17.4. The van der Waals surface area contributed by atoms with E-state index in [1.54, 1.807) is 44.5 Å². The molecule has 0 aliphatic rings. The SMILES string of the molecule is C=CCOc1ccc(C=Nn2c(C)nc3ccccc3c2=O)cc1OC. The molecule has 0 fully saturated rings. The molecule has 0 N–H and O–H groups in total. The van der Waals surface area contributed by atoms with Crippen molar-refractivity contribution in [3.05, 3.63) is 76.9 Å². The van der Waals surface area contributed by atoms with E-state index < -0.39 is 0 Å². The van der Waals surface area contributed by atoms with Crippen LogP contribution in [0.15, 0.2) is 65.0 Å². The molecule has 0 unspecified atom stereocenters. The first-order valence-corrected chi connectivity index (χ1v) is 8.08. The van der Waals surface area contributed by atoms with Crippen LogP contribution in [0.1, 0.15) is 11.4 Å². The van der Waals surface area contributed by atoms with Crippen molar-refractivity contribution < 1.29 is 9.47 Å². The fourth-order valence-electron chi connectivity index (χ4n) is 2.53. The van der Waals surface area contributed by atoms with E-state index in [0.717, 1.165) is 5.56 Å². The molecule has 0 amide bonds. The van der Waals surface area contributed by atoms with E-state index in [9.17, 15) is 4.79 Å². The Balaban J connectivity index is 1.96. The average molecular weight is 349 g/mol. The van der Waals surface area contributed by atoms with Gasteiger partial charge in [0.05, 0.1) is 24.2 Å². The topological polar surface area (TPSA) is 65.7 Å². The van der Waals surface area contributed by atoms with Crippen LogP contribution in [0.4, 0.5) is 0 Å². The maximum absolute atomic E-state index is 12.6. The number of aryl methyl sites for hydroxylation is 1. The molecule has 0 radical (unpaired) electrons. The van der Waals surface area contributed by atoms with Crippen molar-refractivity contribution in [3.63, 3.8) is 0 Å². The number of rotatable bonds is 6. The lowest BCUT2D eigenvalue weighted by atomic mass is 10.2. The molecule has 0 aliphatic carbocycles. The minimum atomic E-state index is -0.206. The number of hydrogen-bond acceptors (Lipinski definition) is 5. The Bertz CT molecular complexity index is 1040. The summed E-state index contributed by atoms with van der Waals surface area (Å²) in [7, 11) is 1.57. The quantitative estimate of drug-likeness (QED) is 0.506. The van der Waals surface area contributed by atoms with Gasteiger partial charge in [-0.1, -0.05) is 24.8 Å². The Hall–Kier alpha value is -3.41. The molecule has 3 rings (SSSR count). The Labute approximate surface area is 151 Å². The van der Waals surface area contributed by atoms with Gasteiger partial charge in [0.1, 0.15) is 12.4 Å². The zero-order valence-electron chi connectivity index (χ0n) is 14.7. The van der Waals surface area contributed by atoms with Crippen molar-refractivity contribution in [1.29, 1.82) is 0 Å². The fourth-order valence-corrected chi connectivity index (χ4v) is 2.53. The lowest BCUT2D eigenvalue weighted by Crippen LogP contribution is -2.20. The van der Waals surface area contributed by atoms with Crippen molar-refractivity contribution in [3.8, 4) is 11.5 Å². The first-order valence-electron chi connectivity index (χ1n) is 8.08. The highest BCUT2D eigenvalue weighted by molar-refractivity contribution is 5.81. The minimum Gasteiger partial charge on any atom is -0.493 e. The van der Waals surface area contributed by atoms with Gasteiger partial charge < -0.3 is 9.47 Å². The van der Waals surface area contributed by atoms with E-state index in [2.05, 4.69) is 16.7 Å². The van der Waals surface area contributed by atoms with Crippen LogP contribution in [0.2, 0.25) is 0 Å². The van der Waals surface area contributed by atoms with E-state index in [0.29, 0.717) is 34.8 Å². The summed E-state index contributed by atoms with van der Waals surface area (Å²) in [5, 5.41) is 4.83. The van der Waals surface area contributed by atoms with Crippen LogP contribution >= 0.6 is 0 Å². The highest BCUT2D eigenvalue weighted by Crippen LogP contribution is 2.27. The third kappa shape index (κ3) is 3.49. The first-order chi connectivity index (χ1) is 12.6. The van der Waals surface area contributed by atoms with Crippen molar-refractivity contribution in [2.24, 2.45) is 5.10 Å². The van der Waals surface area contributed by atoms with E-state index in [4.69, 9.17) is 9.47 Å². The Kier molecular flexibility index (Phi) is 5.12. The van der Waals surface area contributed by atoms with Gasteiger partial charge >= 0.3 is 0 Å². The van der Waals surface area contributed by atoms with Crippen LogP contribution in [0.5, 0.6) is 11.5 Å². The fraction of sp³-hybridized carbons (Fsp3) is 0.150. The monoisotopic (exact) mass is 349 g/mol. The molecule has 6 nitrogen and oxygen atoms in total. The van der Waals surface area contributed by atoms with E-state index in [-0.39, 0.29) is 5.56 Å². The highest BCUT2D eigenvalue weighted by atomic mass is 16.5. The van der Waals surface area contributed by atoms with Crippen LogP contribution < -0.4 is 15.0 Å². The molecule has 132 valence electrons. The third-order valence-corrected chi connectivity index (χ3v) is 3.78. The molecule has 26 heavy (non-hydrogen) atoms. The zero-order chi connectivity index (χ0) is 18.5. The summed E-state index contributed by atoms with van der Waals surface area (Å²) in [6.07, 6.45) is 3.25. The third-order valence-electron chi connectivity index (χ3n) is 3.78. The van der Waals surface area contributed by atoms with E-state index in [1.807, 2.05) is 24.3 Å². The van der Waals surface area contributed by atoms with Crippen molar-refractivity contribution in [2.45, 2.75) is 6.92 Å². The van der Waals surface area contributed by atoms with Crippen LogP contribution in [-0.2, 0) is 0 Å². The summed E-state index contributed by atoms with van der Waals surface area (Å²) in [6.45, 7) is 5.76. The Morgan fingerprint density at radius 1 is 1.23 bits per heavy atom. The van der Waals surface area contributed by atoms with Gasteiger partial charge in [0, 0.05) is 0 Å². The van der Waals surface area contributed by atoms with Gasteiger partial charge in [0.15, 0.2) is 11.5 Å². The number of nitrogens with zero attached hydrogens (tertiary/aromatic N) is 3. The maximum atomic E-state index is 12.6. The molecule has 0 aliphatic heterocycles. The number of hydrogen-bond donors (Lipinski definition) is 0. The Morgan fingerprint density at radius 2 is 2.04 bits per heavy atom. The summed E-state index contributed by atoms with van der Waals surface area (Å²) in [5.74, 6) is 1.71. The highest BCUT2D eigenvalue weighted by Gasteiger charge is 2.07. The van der Waals surface area contributed by atoms with Gasteiger partial charge in [-0.25, -0.2) is 4.98 Å². The molecule has 2 aromatic carbocycles. The molecule has 0 saturated heterocycles.